The summed E-state index contributed by atoms with van der Waals surface area (Å²) in [6.07, 6.45) is 50.2. The highest BCUT2D eigenvalue weighted by Crippen LogP contribution is 2.80. The van der Waals surface area contributed by atoms with Crippen LogP contribution in [0.15, 0.2) is 148 Å². The summed E-state index contributed by atoms with van der Waals surface area (Å²) < 4.78 is 0. The van der Waals surface area contributed by atoms with Crippen molar-refractivity contribution in [3.8, 4) is 0 Å². The van der Waals surface area contributed by atoms with E-state index in [0.29, 0.717) is 5.92 Å². The minimum absolute atomic E-state index is 0.0999. The number of rotatable bonds is 19. The van der Waals surface area contributed by atoms with Crippen molar-refractivity contribution in [1.82, 2.24) is 0 Å². The minimum Gasteiger partial charge on any atom is -0.0991 e. The van der Waals surface area contributed by atoms with Crippen molar-refractivity contribution < 1.29 is 0 Å². The van der Waals surface area contributed by atoms with E-state index in [1.165, 1.54) is 32.1 Å². The van der Waals surface area contributed by atoms with E-state index in [-0.39, 0.29) is 16.2 Å². The van der Waals surface area contributed by atoms with Crippen LogP contribution >= 0.6 is 0 Å². The molecule has 2 rings (SSSR count). The van der Waals surface area contributed by atoms with Crippen LogP contribution in [-0.4, -0.2) is 0 Å². The van der Waals surface area contributed by atoms with E-state index in [1.807, 2.05) is 36.5 Å². The topological polar surface area (TPSA) is 0 Å². The Kier molecular flexibility index (Phi) is 13.8. The van der Waals surface area contributed by atoms with Gasteiger partial charge >= 0.3 is 0 Å². The Morgan fingerprint density at radius 3 is 1.59 bits per heavy atom. The van der Waals surface area contributed by atoms with E-state index in [4.69, 9.17) is 0 Å². The smallest absolute Gasteiger partial charge is 0.00156 e. The summed E-state index contributed by atoms with van der Waals surface area (Å²) in [5.41, 5.74) is 2.09. The van der Waals surface area contributed by atoms with Crippen molar-refractivity contribution in [3.63, 3.8) is 0 Å². The van der Waals surface area contributed by atoms with Crippen molar-refractivity contribution in [2.75, 3.05) is 0 Å². The van der Waals surface area contributed by atoms with Crippen LogP contribution in [-0.2, 0) is 0 Å². The fourth-order valence-corrected chi connectivity index (χ4v) is 8.03. The van der Waals surface area contributed by atoms with Crippen molar-refractivity contribution in [3.05, 3.63) is 148 Å². The largest absolute Gasteiger partial charge is 0.0991 e. The van der Waals surface area contributed by atoms with E-state index in [1.54, 1.807) is 5.57 Å². The molecule has 0 heteroatoms. The first-order chi connectivity index (χ1) is 19.1. The highest BCUT2D eigenvalue weighted by molar-refractivity contribution is 5.39. The van der Waals surface area contributed by atoms with Gasteiger partial charge < -0.3 is 0 Å². The molecule has 0 heterocycles. The molecular weight excluding hydrogens is 468 g/mol. The molecule has 0 aliphatic heterocycles. The zero-order valence-corrected chi connectivity index (χ0v) is 24.6. The Morgan fingerprint density at radius 2 is 1.10 bits per heavy atom. The van der Waals surface area contributed by atoms with Gasteiger partial charge in [0.05, 0.1) is 0 Å². The molecular formula is C39H52. The van der Waals surface area contributed by atoms with Crippen LogP contribution in [0.25, 0.3) is 0 Å². The average molecular weight is 521 g/mol. The van der Waals surface area contributed by atoms with E-state index < -0.39 is 0 Å². The number of hydrogen-bond acceptors (Lipinski definition) is 0. The van der Waals surface area contributed by atoms with Gasteiger partial charge in [0.1, 0.15) is 0 Å². The Balaban J connectivity index is 2.82. The van der Waals surface area contributed by atoms with E-state index >= 15 is 0 Å². The lowest BCUT2D eigenvalue weighted by atomic mass is 9.44. The molecule has 39 heavy (non-hydrogen) atoms. The molecule has 0 nitrogen and oxygen atoms in total. The molecule has 0 N–H and O–H groups in total. The number of allylic oxidation sites excluding steroid dienone is 19. The highest BCUT2D eigenvalue weighted by Gasteiger charge is 2.72. The summed E-state index contributed by atoms with van der Waals surface area (Å²) in [6.45, 7) is 21.8. The molecule has 0 aromatic rings. The monoisotopic (exact) mass is 520 g/mol. The molecule has 2 aliphatic carbocycles. The first-order valence-electron chi connectivity index (χ1n) is 14.8. The minimum atomic E-state index is 0.0999. The third-order valence-corrected chi connectivity index (χ3v) is 9.34. The second kappa shape index (κ2) is 16.8. The summed E-state index contributed by atoms with van der Waals surface area (Å²) in [7, 11) is 0. The fraction of sp³-hybridized carbons (Fsp3) is 0.385. The maximum absolute atomic E-state index is 3.92. The van der Waals surface area contributed by atoms with Gasteiger partial charge in [0.2, 0.25) is 0 Å². The lowest BCUT2D eigenvalue weighted by molar-refractivity contribution is -0.0388. The van der Waals surface area contributed by atoms with Crippen molar-refractivity contribution in [2.24, 2.45) is 22.2 Å². The van der Waals surface area contributed by atoms with Crippen LogP contribution < -0.4 is 0 Å². The molecule has 0 radical (unpaired) electrons. The van der Waals surface area contributed by atoms with E-state index in [9.17, 15) is 0 Å². The third-order valence-electron chi connectivity index (χ3n) is 9.34. The molecule has 2 aliphatic rings. The standard InChI is InChI=1S/C39H52/c1-7-13-18-23-28-37(29-24-19-14-8-2)36-33-35(12-6)38(34-36,30-25-20-15-9-3)39(37,31-26-21-16-10-4)32-27-22-17-11-5/h7-23,28,36H,1-5,24-27,29-34H2,6H3. The normalized spacial score (nSPS) is 29.8. The SMILES string of the molecule is C=CC=CC=CC1(CCC=CC=C)C2CC(=CC)C(CCC=CC=C)(C2)C1(CCC=CC=C)CCC=CC=C. The molecule has 0 saturated heterocycles. The third kappa shape index (κ3) is 7.10. The van der Waals surface area contributed by atoms with Gasteiger partial charge in [0.25, 0.3) is 0 Å². The highest BCUT2D eigenvalue weighted by atomic mass is 14.8. The zero-order chi connectivity index (χ0) is 28.5. The van der Waals surface area contributed by atoms with Crippen LogP contribution in [0.5, 0.6) is 0 Å². The molecule has 0 amide bonds. The van der Waals surface area contributed by atoms with Gasteiger partial charge in [-0.1, -0.05) is 148 Å². The molecule has 2 fully saturated rings. The molecule has 2 saturated carbocycles. The fourth-order valence-electron chi connectivity index (χ4n) is 8.03. The van der Waals surface area contributed by atoms with Crippen LogP contribution in [0.1, 0.15) is 71.1 Å². The van der Waals surface area contributed by atoms with Gasteiger partial charge in [-0.25, -0.2) is 0 Å². The molecule has 3 unspecified atom stereocenters. The second-order valence-electron chi connectivity index (χ2n) is 10.9. The van der Waals surface area contributed by atoms with Gasteiger partial charge in [0.15, 0.2) is 0 Å². The van der Waals surface area contributed by atoms with Gasteiger partial charge in [-0.2, -0.15) is 0 Å². The van der Waals surface area contributed by atoms with Gasteiger partial charge in [-0.3, -0.25) is 0 Å². The maximum atomic E-state index is 3.92. The summed E-state index contributed by atoms with van der Waals surface area (Å²) >= 11 is 0. The van der Waals surface area contributed by atoms with E-state index in [0.717, 1.165) is 32.1 Å². The van der Waals surface area contributed by atoms with Crippen molar-refractivity contribution >= 4 is 0 Å². The average Bonchev–Trinajstić information content (AvgIpc) is 3.43. The Bertz CT molecular complexity index is 1010. The second-order valence-corrected chi connectivity index (χ2v) is 10.9. The van der Waals surface area contributed by atoms with Crippen molar-refractivity contribution in [2.45, 2.75) is 71.1 Å². The summed E-state index contributed by atoms with van der Waals surface area (Å²) in [4.78, 5) is 0. The molecule has 3 atom stereocenters. The number of hydrogen-bond donors (Lipinski definition) is 0. The predicted octanol–water partition coefficient (Wildman–Crippen LogP) is 11.7. The van der Waals surface area contributed by atoms with E-state index in [2.05, 4.69) is 113 Å². The first-order valence-corrected chi connectivity index (χ1v) is 14.8. The lowest BCUT2D eigenvalue weighted by Crippen LogP contribution is -2.52. The van der Waals surface area contributed by atoms with Gasteiger partial charge in [-0.15, -0.1) is 0 Å². The van der Waals surface area contributed by atoms with Crippen LogP contribution in [0.2, 0.25) is 0 Å². The Morgan fingerprint density at radius 1 is 0.615 bits per heavy atom. The van der Waals surface area contributed by atoms with Crippen LogP contribution in [0, 0.1) is 22.2 Å². The summed E-state index contributed by atoms with van der Waals surface area (Å²) in [5.74, 6) is 0.629. The van der Waals surface area contributed by atoms with Crippen LogP contribution in [0.3, 0.4) is 0 Å². The maximum Gasteiger partial charge on any atom is -0.00156 e. The van der Waals surface area contributed by atoms with Crippen molar-refractivity contribution in [1.29, 1.82) is 0 Å². The quantitative estimate of drug-likeness (QED) is 0.117. The summed E-state index contributed by atoms with van der Waals surface area (Å²) in [5, 5.41) is 0. The molecule has 0 aromatic heterocycles. The van der Waals surface area contributed by atoms with Gasteiger partial charge in [0, 0.05) is 0 Å². The van der Waals surface area contributed by atoms with Crippen LogP contribution in [0.4, 0.5) is 0 Å². The Labute approximate surface area is 240 Å². The molecule has 0 spiro atoms. The Hall–Kier alpha value is -3.12. The predicted molar refractivity (Wildman–Crippen MR) is 177 cm³/mol. The zero-order valence-electron chi connectivity index (χ0n) is 24.6. The lowest BCUT2D eigenvalue weighted by Gasteiger charge is -2.59. The summed E-state index contributed by atoms with van der Waals surface area (Å²) in [6, 6.07) is 0. The molecule has 0 aromatic carbocycles. The van der Waals surface area contributed by atoms with Gasteiger partial charge in [-0.05, 0) is 93.3 Å². The number of fused-ring (bicyclic) bond motifs is 2. The first kappa shape index (κ1) is 32.1. The molecule has 208 valence electrons. The molecule has 2 bridgehead atoms.